The molecule has 0 unspecified atom stereocenters. The maximum Gasteiger partial charge on any atom is 0.322 e. The van der Waals surface area contributed by atoms with Gasteiger partial charge in [-0.15, -0.1) is 5.10 Å². The van der Waals surface area contributed by atoms with Crippen molar-refractivity contribution in [3.8, 4) is 11.5 Å². The van der Waals surface area contributed by atoms with Gasteiger partial charge in [0.05, 0.1) is 0 Å². The molecule has 0 saturated heterocycles. The summed E-state index contributed by atoms with van der Waals surface area (Å²) in [6.45, 7) is 0. The van der Waals surface area contributed by atoms with E-state index in [1.807, 2.05) is 30.3 Å². The fraction of sp³-hybridized carbons (Fsp3) is 0.118. The van der Waals surface area contributed by atoms with Gasteiger partial charge in [-0.3, -0.25) is 10.1 Å². The molecule has 5 nitrogen and oxygen atoms in total. The van der Waals surface area contributed by atoms with Crippen LogP contribution in [-0.2, 0) is 11.2 Å². The maximum absolute atomic E-state index is 13.2. The molecule has 0 radical (unpaired) electrons. The van der Waals surface area contributed by atoms with Crippen LogP contribution >= 0.6 is 0 Å². The van der Waals surface area contributed by atoms with E-state index in [4.69, 9.17) is 4.42 Å². The molecule has 23 heavy (non-hydrogen) atoms. The summed E-state index contributed by atoms with van der Waals surface area (Å²) in [6.07, 6.45) is 0.930. The second-order valence-electron chi connectivity index (χ2n) is 4.96. The van der Waals surface area contributed by atoms with Crippen LogP contribution in [0.4, 0.5) is 10.4 Å². The average molecular weight is 311 g/mol. The standard InChI is InChI=1S/C17H14FN3O2/c18-14-8-4-7-13(11-14)16-20-21-17(23-16)19-15(22)10-9-12-5-2-1-3-6-12/h1-8,11H,9-10H2,(H,19,21,22). The van der Waals surface area contributed by atoms with Crippen molar-refractivity contribution >= 4 is 11.9 Å². The van der Waals surface area contributed by atoms with Crippen LogP contribution in [0, 0.1) is 5.82 Å². The van der Waals surface area contributed by atoms with Crippen molar-refractivity contribution in [3.63, 3.8) is 0 Å². The Bertz CT molecular complexity index is 802. The minimum Gasteiger partial charge on any atom is -0.403 e. The summed E-state index contributed by atoms with van der Waals surface area (Å²) in [5.74, 6) is -0.458. The van der Waals surface area contributed by atoms with E-state index in [-0.39, 0.29) is 17.8 Å². The molecule has 0 fully saturated rings. The Labute approximate surface area is 132 Å². The number of nitrogens with one attached hydrogen (secondary N) is 1. The Balaban J connectivity index is 1.59. The average Bonchev–Trinajstić information content (AvgIpc) is 3.02. The Morgan fingerprint density at radius 3 is 2.70 bits per heavy atom. The van der Waals surface area contributed by atoms with Crippen molar-refractivity contribution < 1.29 is 13.6 Å². The van der Waals surface area contributed by atoms with Crippen molar-refractivity contribution in [3.05, 3.63) is 66.0 Å². The number of nitrogens with zero attached hydrogens (tertiary/aromatic N) is 2. The van der Waals surface area contributed by atoms with Crippen molar-refractivity contribution in [2.45, 2.75) is 12.8 Å². The molecule has 0 aliphatic carbocycles. The highest BCUT2D eigenvalue weighted by Gasteiger charge is 2.11. The predicted molar refractivity (Wildman–Crippen MR) is 83.1 cm³/mol. The van der Waals surface area contributed by atoms with Gasteiger partial charge in [0, 0.05) is 12.0 Å². The van der Waals surface area contributed by atoms with Crippen LogP contribution in [0.1, 0.15) is 12.0 Å². The van der Waals surface area contributed by atoms with Gasteiger partial charge in [-0.25, -0.2) is 4.39 Å². The van der Waals surface area contributed by atoms with Gasteiger partial charge in [-0.1, -0.05) is 41.5 Å². The molecular weight excluding hydrogens is 297 g/mol. The van der Waals surface area contributed by atoms with E-state index >= 15 is 0 Å². The summed E-state index contributed by atoms with van der Waals surface area (Å²) in [5.41, 5.74) is 1.54. The fourth-order valence-corrected chi connectivity index (χ4v) is 2.10. The number of benzene rings is 2. The quantitative estimate of drug-likeness (QED) is 0.783. The van der Waals surface area contributed by atoms with Crippen LogP contribution in [0.15, 0.2) is 59.0 Å². The molecule has 0 bridgehead atoms. The Hall–Kier alpha value is -3.02. The van der Waals surface area contributed by atoms with E-state index < -0.39 is 5.82 Å². The molecule has 0 atom stereocenters. The molecule has 6 heteroatoms. The second kappa shape index (κ2) is 6.83. The summed E-state index contributed by atoms with van der Waals surface area (Å²) in [4.78, 5) is 11.9. The van der Waals surface area contributed by atoms with Crippen molar-refractivity contribution in [2.24, 2.45) is 0 Å². The minimum absolute atomic E-state index is 0.00215. The monoisotopic (exact) mass is 311 g/mol. The van der Waals surface area contributed by atoms with Gasteiger partial charge < -0.3 is 4.42 Å². The number of halogens is 1. The highest BCUT2D eigenvalue weighted by molar-refractivity contribution is 5.88. The summed E-state index contributed by atoms with van der Waals surface area (Å²) >= 11 is 0. The van der Waals surface area contributed by atoms with Crippen molar-refractivity contribution in [2.75, 3.05) is 5.32 Å². The highest BCUT2D eigenvalue weighted by Crippen LogP contribution is 2.20. The summed E-state index contributed by atoms with van der Waals surface area (Å²) in [7, 11) is 0. The van der Waals surface area contributed by atoms with Crippen molar-refractivity contribution in [1.29, 1.82) is 0 Å². The van der Waals surface area contributed by atoms with Crippen LogP contribution < -0.4 is 5.32 Å². The van der Waals surface area contributed by atoms with Gasteiger partial charge in [0.1, 0.15) is 5.82 Å². The lowest BCUT2D eigenvalue weighted by Gasteiger charge is -2.01. The summed E-state index contributed by atoms with van der Waals surface area (Å²) in [6, 6.07) is 15.5. The number of hydrogen-bond donors (Lipinski definition) is 1. The molecule has 0 saturated carbocycles. The fourth-order valence-electron chi connectivity index (χ4n) is 2.10. The Morgan fingerprint density at radius 1 is 1.09 bits per heavy atom. The third-order valence-corrected chi connectivity index (χ3v) is 3.23. The first-order valence-electron chi connectivity index (χ1n) is 7.14. The topological polar surface area (TPSA) is 68.0 Å². The van der Waals surface area contributed by atoms with E-state index in [2.05, 4.69) is 15.5 Å². The van der Waals surface area contributed by atoms with Crippen molar-refractivity contribution in [1.82, 2.24) is 10.2 Å². The summed E-state index contributed by atoms with van der Waals surface area (Å²) < 4.78 is 18.5. The number of aromatic nitrogens is 2. The van der Waals surface area contributed by atoms with Gasteiger partial charge in [-0.05, 0) is 30.2 Å². The number of carbonyl (C=O) groups is 1. The molecule has 1 heterocycles. The smallest absolute Gasteiger partial charge is 0.322 e. The van der Waals surface area contributed by atoms with E-state index in [1.165, 1.54) is 12.1 Å². The van der Waals surface area contributed by atoms with E-state index in [0.717, 1.165) is 5.56 Å². The second-order valence-corrected chi connectivity index (χ2v) is 4.96. The lowest BCUT2D eigenvalue weighted by Crippen LogP contribution is -2.12. The zero-order chi connectivity index (χ0) is 16.1. The van der Waals surface area contributed by atoms with Crippen LogP contribution in [0.2, 0.25) is 0 Å². The van der Waals surface area contributed by atoms with E-state index in [0.29, 0.717) is 18.4 Å². The third-order valence-electron chi connectivity index (χ3n) is 3.23. The SMILES string of the molecule is O=C(CCc1ccccc1)Nc1nnc(-c2cccc(F)c2)o1. The zero-order valence-corrected chi connectivity index (χ0v) is 12.2. The molecular formula is C17H14FN3O2. The number of anilines is 1. The molecule has 1 amide bonds. The van der Waals surface area contributed by atoms with E-state index in [1.54, 1.807) is 12.1 Å². The highest BCUT2D eigenvalue weighted by atomic mass is 19.1. The lowest BCUT2D eigenvalue weighted by atomic mass is 10.1. The summed E-state index contributed by atoms with van der Waals surface area (Å²) in [5, 5.41) is 10.1. The predicted octanol–water partition coefficient (Wildman–Crippen LogP) is 3.45. The van der Waals surface area contributed by atoms with Gasteiger partial charge in [0.2, 0.25) is 11.8 Å². The molecule has 3 rings (SSSR count). The molecule has 1 N–H and O–H groups in total. The number of rotatable bonds is 5. The van der Waals surface area contributed by atoms with Gasteiger partial charge in [0.25, 0.3) is 0 Å². The number of hydrogen-bond acceptors (Lipinski definition) is 4. The normalized spacial score (nSPS) is 10.5. The molecule has 0 aliphatic rings. The molecule has 2 aromatic carbocycles. The number of carbonyl (C=O) groups excluding carboxylic acids is 1. The van der Waals surface area contributed by atoms with E-state index in [9.17, 15) is 9.18 Å². The molecule has 0 spiro atoms. The van der Waals surface area contributed by atoms with Crippen LogP contribution in [0.5, 0.6) is 0 Å². The van der Waals surface area contributed by atoms with Crippen LogP contribution in [0.3, 0.4) is 0 Å². The molecule has 1 aromatic heterocycles. The first kappa shape index (κ1) is 14.9. The number of aryl methyl sites for hydroxylation is 1. The maximum atomic E-state index is 13.2. The first-order valence-corrected chi connectivity index (χ1v) is 7.14. The lowest BCUT2D eigenvalue weighted by molar-refractivity contribution is -0.116. The molecule has 3 aromatic rings. The Kier molecular flexibility index (Phi) is 4.42. The minimum atomic E-state index is -0.394. The first-order chi connectivity index (χ1) is 11.2. The molecule has 0 aliphatic heterocycles. The van der Waals surface area contributed by atoms with Gasteiger partial charge >= 0.3 is 6.01 Å². The largest absolute Gasteiger partial charge is 0.403 e. The van der Waals surface area contributed by atoms with Crippen LogP contribution in [-0.4, -0.2) is 16.1 Å². The zero-order valence-electron chi connectivity index (χ0n) is 12.2. The third kappa shape index (κ3) is 4.00. The van der Waals surface area contributed by atoms with Gasteiger partial charge in [0.15, 0.2) is 0 Å². The Morgan fingerprint density at radius 2 is 1.91 bits per heavy atom. The van der Waals surface area contributed by atoms with Gasteiger partial charge in [-0.2, -0.15) is 0 Å². The molecule has 116 valence electrons. The number of amides is 1. The van der Waals surface area contributed by atoms with Crippen LogP contribution in [0.25, 0.3) is 11.5 Å².